The number of para-hydroxylation sites is 2. The average molecular weight is 270 g/mol. The van der Waals surface area contributed by atoms with Crippen molar-refractivity contribution in [1.29, 1.82) is 0 Å². The van der Waals surface area contributed by atoms with Crippen molar-refractivity contribution in [2.24, 2.45) is 0 Å². The Labute approximate surface area is 113 Å². The van der Waals surface area contributed by atoms with E-state index in [1.54, 1.807) is 24.3 Å². The van der Waals surface area contributed by atoms with Crippen LogP contribution in [0.5, 0.6) is 17.4 Å². The van der Waals surface area contributed by atoms with E-state index in [-0.39, 0.29) is 27.8 Å². The van der Waals surface area contributed by atoms with Crippen molar-refractivity contribution < 1.29 is 19.7 Å². The third-order valence-corrected chi connectivity index (χ3v) is 3.06. The average Bonchev–Trinajstić information content (AvgIpc) is 2.43. The molecule has 1 aromatic heterocycles. The number of hydrogen-bond donors (Lipinski definition) is 3. The highest BCUT2D eigenvalue weighted by molar-refractivity contribution is 5.86. The van der Waals surface area contributed by atoms with Crippen LogP contribution in [-0.2, 0) is 0 Å². The van der Waals surface area contributed by atoms with Crippen molar-refractivity contribution >= 4 is 11.0 Å². The second kappa shape index (κ2) is 4.31. The van der Waals surface area contributed by atoms with Crippen LogP contribution in [0.2, 0.25) is 0 Å². The van der Waals surface area contributed by atoms with Gasteiger partial charge in [0, 0.05) is 5.56 Å². The van der Waals surface area contributed by atoms with Crippen LogP contribution >= 0.6 is 0 Å². The maximum absolute atomic E-state index is 12.4. The predicted molar refractivity (Wildman–Crippen MR) is 72.9 cm³/mol. The molecule has 0 atom stereocenters. The third-order valence-electron chi connectivity index (χ3n) is 3.06. The first-order valence-corrected chi connectivity index (χ1v) is 5.85. The van der Waals surface area contributed by atoms with Gasteiger partial charge in [0.05, 0.1) is 5.39 Å². The molecule has 0 aliphatic heterocycles. The Morgan fingerprint density at radius 2 is 1.65 bits per heavy atom. The quantitative estimate of drug-likeness (QED) is 0.591. The van der Waals surface area contributed by atoms with Crippen molar-refractivity contribution in [2.45, 2.75) is 0 Å². The molecule has 0 aliphatic carbocycles. The van der Waals surface area contributed by atoms with Crippen LogP contribution in [0.4, 0.5) is 0 Å². The highest BCUT2D eigenvalue weighted by atomic mass is 16.5. The number of rotatable bonds is 1. The molecule has 5 nitrogen and oxygen atoms in total. The van der Waals surface area contributed by atoms with Crippen LogP contribution in [-0.4, -0.2) is 15.3 Å². The lowest BCUT2D eigenvalue weighted by Crippen LogP contribution is -2.05. The summed E-state index contributed by atoms with van der Waals surface area (Å²) in [5.41, 5.74) is -0.400. The molecular formula is C15H10O5. The molecule has 3 aromatic rings. The van der Waals surface area contributed by atoms with E-state index in [1.807, 2.05) is 0 Å². The molecule has 3 rings (SSSR count). The third kappa shape index (κ3) is 1.68. The van der Waals surface area contributed by atoms with Gasteiger partial charge >= 0.3 is 0 Å². The van der Waals surface area contributed by atoms with Crippen molar-refractivity contribution in [3.63, 3.8) is 0 Å². The van der Waals surface area contributed by atoms with Gasteiger partial charge in [0.15, 0.2) is 11.5 Å². The molecule has 3 N–H and O–H groups in total. The standard InChI is InChI=1S/C15H10O5/c16-10-6-3-5-9(13(10)17)12-14(18)8-4-1-2-7-11(8)20-15(12)19/h1-7,16-17,19H. The lowest BCUT2D eigenvalue weighted by molar-refractivity contribution is 0.341. The van der Waals surface area contributed by atoms with E-state index in [0.29, 0.717) is 0 Å². The molecular weight excluding hydrogens is 260 g/mol. The maximum atomic E-state index is 12.4. The van der Waals surface area contributed by atoms with Crippen LogP contribution in [0, 0.1) is 0 Å². The largest absolute Gasteiger partial charge is 0.504 e. The van der Waals surface area contributed by atoms with Gasteiger partial charge < -0.3 is 19.7 Å². The van der Waals surface area contributed by atoms with Gasteiger partial charge in [-0.1, -0.05) is 18.2 Å². The highest BCUT2D eigenvalue weighted by Crippen LogP contribution is 2.39. The molecule has 2 aromatic carbocycles. The first kappa shape index (κ1) is 12.1. The SMILES string of the molecule is O=c1c(-c2cccc(O)c2O)c(O)oc2ccccc12. The number of benzene rings is 2. The van der Waals surface area contributed by atoms with Gasteiger partial charge in [0.1, 0.15) is 11.1 Å². The monoisotopic (exact) mass is 270 g/mol. The van der Waals surface area contributed by atoms with Gasteiger partial charge in [0.2, 0.25) is 5.43 Å². The number of phenolic OH excluding ortho intramolecular Hbond substituents is 2. The van der Waals surface area contributed by atoms with E-state index in [9.17, 15) is 20.1 Å². The second-order valence-electron chi connectivity index (χ2n) is 4.28. The van der Waals surface area contributed by atoms with E-state index in [0.717, 1.165) is 0 Å². The smallest absolute Gasteiger partial charge is 0.294 e. The first-order chi connectivity index (χ1) is 9.59. The molecule has 0 aliphatic rings. The van der Waals surface area contributed by atoms with Crippen LogP contribution < -0.4 is 5.43 Å². The van der Waals surface area contributed by atoms with Crippen molar-refractivity contribution in [2.75, 3.05) is 0 Å². The van der Waals surface area contributed by atoms with Crippen LogP contribution in [0.1, 0.15) is 0 Å². The Hall–Kier alpha value is -2.95. The number of hydrogen-bond acceptors (Lipinski definition) is 5. The van der Waals surface area contributed by atoms with Gasteiger partial charge in [-0.25, -0.2) is 0 Å². The van der Waals surface area contributed by atoms with Gasteiger partial charge in [0.25, 0.3) is 5.95 Å². The molecule has 0 spiro atoms. The second-order valence-corrected chi connectivity index (χ2v) is 4.28. The van der Waals surface area contributed by atoms with E-state index < -0.39 is 17.1 Å². The lowest BCUT2D eigenvalue weighted by atomic mass is 10.0. The zero-order valence-electron chi connectivity index (χ0n) is 10.2. The molecule has 5 heteroatoms. The van der Waals surface area contributed by atoms with E-state index in [1.165, 1.54) is 18.2 Å². The lowest BCUT2D eigenvalue weighted by Gasteiger charge is -2.08. The summed E-state index contributed by atoms with van der Waals surface area (Å²) in [6, 6.07) is 10.6. The topological polar surface area (TPSA) is 90.9 Å². The minimum absolute atomic E-state index is 0.0157. The molecule has 0 fully saturated rings. The summed E-state index contributed by atoms with van der Waals surface area (Å²) < 4.78 is 5.19. The van der Waals surface area contributed by atoms with E-state index in [4.69, 9.17) is 4.42 Å². The fourth-order valence-corrected chi connectivity index (χ4v) is 2.10. The molecule has 0 unspecified atom stereocenters. The molecule has 0 amide bonds. The summed E-state index contributed by atoms with van der Waals surface area (Å²) in [7, 11) is 0. The first-order valence-electron chi connectivity index (χ1n) is 5.85. The Balaban J connectivity index is 2.43. The Bertz CT molecular complexity index is 864. The fourth-order valence-electron chi connectivity index (χ4n) is 2.10. The number of fused-ring (bicyclic) bond motifs is 1. The van der Waals surface area contributed by atoms with Crippen LogP contribution in [0.25, 0.3) is 22.1 Å². The van der Waals surface area contributed by atoms with Gasteiger partial charge in [-0.2, -0.15) is 0 Å². The van der Waals surface area contributed by atoms with Crippen molar-refractivity contribution in [3.8, 4) is 28.6 Å². The minimum atomic E-state index is -0.602. The van der Waals surface area contributed by atoms with E-state index >= 15 is 0 Å². The molecule has 0 saturated carbocycles. The van der Waals surface area contributed by atoms with Gasteiger partial charge in [-0.3, -0.25) is 4.79 Å². The summed E-state index contributed by atoms with van der Waals surface area (Å²) in [6.07, 6.45) is 0. The normalized spacial score (nSPS) is 10.8. The fraction of sp³-hybridized carbons (Fsp3) is 0. The minimum Gasteiger partial charge on any atom is -0.504 e. The Kier molecular flexibility index (Phi) is 2.61. The van der Waals surface area contributed by atoms with Crippen LogP contribution in [0.3, 0.4) is 0 Å². The van der Waals surface area contributed by atoms with Crippen molar-refractivity contribution in [1.82, 2.24) is 0 Å². The number of phenols is 2. The van der Waals surface area contributed by atoms with Crippen molar-refractivity contribution in [3.05, 3.63) is 52.7 Å². The Morgan fingerprint density at radius 1 is 0.900 bits per heavy atom. The molecule has 0 saturated heterocycles. The van der Waals surface area contributed by atoms with Crippen LogP contribution in [0.15, 0.2) is 51.7 Å². The molecule has 0 radical (unpaired) electrons. The molecule has 100 valence electrons. The van der Waals surface area contributed by atoms with Gasteiger partial charge in [-0.15, -0.1) is 0 Å². The Morgan fingerprint density at radius 3 is 2.45 bits per heavy atom. The summed E-state index contributed by atoms with van der Waals surface area (Å²) in [5.74, 6) is -1.46. The maximum Gasteiger partial charge on any atom is 0.294 e. The summed E-state index contributed by atoms with van der Waals surface area (Å²) >= 11 is 0. The van der Waals surface area contributed by atoms with Gasteiger partial charge in [-0.05, 0) is 24.3 Å². The van der Waals surface area contributed by atoms with E-state index in [2.05, 4.69) is 0 Å². The molecule has 20 heavy (non-hydrogen) atoms. The summed E-state index contributed by atoms with van der Waals surface area (Å²) in [4.78, 5) is 12.4. The molecule has 0 bridgehead atoms. The predicted octanol–water partition coefficient (Wildman–Crippen LogP) is 2.58. The molecule has 1 heterocycles. The highest BCUT2D eigenvalue weighted by Gasteiger charge is 2.19. The summed E-state index contributed by atoms with van der Waals surface area (Å²) in [5, 5.41) is 29.5. The summed E-state index contributed by atoms with van der Waals surface area (Å²) in [6.45, 7) is 0. The zero-order chi connectivity index (χ0) is 14.3. The number of aromatic hydroxyl groups is 3. The zero-order valence-corrected chi connectivity index (χ0v) is 10.2.